The molecule has 1 saturated heterocycles. The third-order valence-corrected chi connectivity index (χ3v) is 4.92. The average Bonchev–Trinajstić information content (AvgIpc) is 2.58. The molecular weight excluding hydrogens is 284 g/mol. The molecule has 1 aromatic rings. The van der Waals surface area contributed by atoms with Crippen LogP contribution in [0.1, 0.15) is 75.8 Å². The molecule has 1 aromatic carbocycles. The number of cyclic esters (lactones) is 1. The molecule has 1 aliphatic rings. The van der Waals surface area contributed by atoms with Gasteiger partial charge in [-0.1, -0.05) is 63.3 Å². The van der Waals surface area contributed by atoms with E-state index in [4.69, 9.17) is 4.74 Å². The smallest absolute Gasteiger partial charge is 0.305 e. The first-order valence-electron chi connectivity index (χ1n) is 9.51. The van der Waals surface area contributed by atoms with E-state index in [1.54, 1.807) is 0 Å². The van der Waals surface area contributed by atoms with Crippen LogP contribution in [0.2, 0.25) is 0 Å². The SMILES string of the molecule is CCCCCCCCc1ccc(CCC2CCC(=O)OC2)cc1. The van der Waals surface area contributed by atoms with Crippen LogP contribution in [0.25, 0.3) is 0 Å². The van der Waals surface area contributed by atoms with Gasteiger partial charge < -0.3 is 4.74 Å². The number of benzene rings is 1. The Labute approximate surface area is 141 Å². The number of carbonyl (C=O) groups excluding carboxylic acids is 1. The highest BCUT2D eigenvalue weighted by Crippen LogP contribution is 2.20. The zero-order valence-electron chi connectivity index (χ0n) is 14.7. The van der Waals surface area contributed by atoms with E-state index in [1.807, 2.05) is 0 Å². The second kappa shape index (κ2) is 10.5. The quantitative estimate of drug-likeness (QED) is 0.422. The zero-order valence-corrected chi connectivity index (χ0v) is 14.7. The van der Waals surface area contributed by atoms with Gasteiger partial charge in [-0.2, -0.15) is 0 Å². The zero-order chi connectivity index (χ0) is 16.3. The molecule has 1 aliphatic heterocycles. The van der Waals surface area contributed by atoms with E-state index in [0.717, 1.165) is 19.3 Å². The van der Waals surface area contributed by atoms with Gasteiger partial charge in [-0.15, -0.1) is 0 Å². The highest BCUT2D eigenvalue weighted by Gasteiger charge is 2.19. The molecule has 0 saturated carbocycles. The molecule has 0 radical (unpaired) electrons. The minimum absolute atomic E-state index is 0.0275. The van der Waals surface area contributed by atoms with Crippen molar-refractivity contribution in [3.63, 3.8) is 0 Å². The van der Waals surface area contributed by atoms with E-state index < -0.39 is 0 Å². The molecule has 0 aromatic heterocycles. The molecule has 23 heavy (non-hydrogen) atoms. The largest absolute Gasteiger partial charge is 0.465 e. The van der Waals surface area contributed by atoms with Crippen LogP contribution in [0, 0.1) is 5.92 Å². The van der Waals surface area contributed by atoms with Crippen LogP contribution in [0.5, 0.6) is 0 Å². The predicted octanol–water partition coefficient (Wildman–Crippen LogP) is 5.48. The Morgan fingerprint density at radius 2 is 1.61 bits per heavy atom. The van der Waals surface area contributed by atoms with E-state index in [2.05, 4.69) is 31.2 Å². The van der Waals surface area contributed by atoms with E-state index in [0.29, 0.717) is 18.9 Å². The maximum atomic E-state index is 11.1. The summed E-state index contributed by atoms with van der Waals surface area (Å²) < 4.78 is 5.14. The number of hydrogen-bond donors (Lipinski definition) is 0. The monoisotopic (exact) mass is 316 g/mol. The van der Waals surface area contributed by atoms with E-state index >= 15 is 0 Å². The van der Waals surface area contributed by atoms with Crippen molar-refractivity contribution < 1.29 is 9.53 Å². The Kier molecular flexibility index (Phi) is 8.20. The van der Waals surface area contributed by atoms with Crippen molar-refractivity contribution in [1.29, 1.82) is 0 Å². The Balaban J connectivity index is 1.61. The molecule has 1 atom stereocenters. The lowest BCUT2D eigenvalue weighted by molar-refractivity contribution is -0.149. The van der Waals surface area contributed by atoms with Crippen molar-refractivity contribution in [2.24, 2.45) is 5.92 Å². The van der Waals surface area contributed by atoms with Crippen molar-refractivity contribution in [3.05, 3.63) is 35.4 Å². The summed E-state index contributed by atoms with van der Waals surface area (Å²) in [5.74, 6) is 0.524. The third-order valence-electron chi connectivity index (χ3n) is 4.92. The molecule has 2 rings (SSSR count). The molecule has 0 spiro atoms. The minimum atomic E-state index is -0.0275. The molecule has 0 amide bonds. The molecule has 0 bridgehead atoms. The summed E-state index contributed by atoms with van der Waals surface area (Å²) in [5.41, 5.74) is 2.88. The van der Waals surface area contributed by atoms with Crippen molar-refractivity contribution in [1.82, 2.24) is 0 Å². The summed E-state index contributed by atoms with van der Waals surface area (Å²) in [6, 6.07) is 9.15. The fourth-order valence-corrected chi connectivity index (χ4v) is 3.27. The lowest BCUT2D eigenvalue weighted by Gasteiger charge is -2.21. The van der Waals surface area contributed by atoms with Gasteiger partial charge in [0.25, 0.3) is 0 Å². The minimum Gasteiger partial charge on any atom is -0.465 e. The van der Waals surface area contributed by atoms with E-state index in [9.17, 15) is 4.79 Å². The fourth-order valence-electron chi connectivity index (χ4n) is 3.27. The molecule has 2 heteroatoms. The van der Waals surface area contributed by atoms with Gasteiger partial charge in [-0.3, -0.25) is 4.79 Å². The lowest BCUT2D eigenvalue weighted by Crippen LogP contribution is -2.21. The number of hydrogen-bond acceptors (Lipinski definition) is 2. The van der Waals surface area contributed by atoms with Crippen molar-refractivity contribution in [2.75, 3.05) is 6.61 Å². The molecular formula is C21H32O2. The van der Waals surface area contributed by atoms with Crippen LogP contribution in [-0.4, -0.2) is 12.6 Å². The molecule has 2 nitrogen and oxygen atoms in total. The summed E-state index contributed by atoms with van der Waals surface area (Å²) in [5, 5.41) is 0. The first kappa shape index (κ1) is 18.0. The summed E-state index contributed by atoms with van der Waals surface area (Å²) in [6.07, 6.45) is 13.2. The number of rotatable bonds is 10. The van der Waals surface area contributed by atoms with Crippen molar-refractivity contribution >= 4 is 5.97 Å². The lowest BCUT2D eigenvalue weighted by atomic mass is 9.94. The maximum absolute atomic E-state index is 11.1. The Morgan fingerprint density at radius 3 is 2.26 bits per heavy atom. The Hall–Kier alpha value is -1.31. The molecule has 0 N–H and O–H groups in total. The first-order chi connectivity index (χ1) is 11.3. The molecule has 0 aliphatic carbocycles. The molecule has 1 heterocycles. The van der Waals surface area contributed by atoms with Crippen LogP contribution in [0.15, 0.2) is 24.3 Å². The van der Waals surface area contributed by atoms with Gasteiger partial charge in [0.15, 0.2) is 0 Å². The van der Waals surface area contributed by atoms with Gasteiger partial charge in [0.1, 0.15) is 0 Å². The van der Waals surface area contributed by atoms with E-state index in [-0.39, 0.29) is 5.97 Å². The fraction of sp³-hybridized carbons (Fsp3) is 0.667. The number of aryl methyl sites for hydroxylation is 2. The molecule has 1 fully saturated rings. The van der Waals surface area contributed by atoms with Gasteiger partial charge >= 0.3 is 5.97 Å². The first-order valence-corrected chi connectivity index (χ1v) is 9.51. The normalized spacial score (nSPS) is 18.0. The Bertz CT molecular complexity index is 439. The Morgan fingerprint density at radius 1 is 0.957 bits per heavy atom. The number of carbonyl (C=O) groups is 1. The highest BCUT2D eigenvalue weighted by molar-refractivity contribution is 5.69. The van der Waals surface area contributed by atoms with Gasteiger partial charge in [0, 0.05) is 6.42 Å². The average molecular weight is 316 g/mol. The van der Waals surface area contributed by atoms with E-state index in [1.165, 1.54) is 56.1 Å². The topological polar surface area (TPSA) is 26.3 Å². The van der Waals surface area contributed by atoms with Gasteiger partial charge in [0.05, 0.1) is 6.61 Å². The highest BCUT2D eigenvalue weighted by atomic mass is 16.5. The van der Waals surface area contributed by atoms with Crippen molar-refractivity contribution in [3.8, 4) is 0 Å². The van der Waals surface area contributed by atoms with Gasteiger partial charge in [0.2, 0.25) is 0 Å². The molecule has 1 unspecified atom stereocenters. The summed E-state index contributed by atoms with van der Waals surface area (Å²) >= 11 is 0. The second-order valence-corrected chi connectivity index (χ2v) is 6.96. The molecule has 128 valence electrons. The number of unbranched alkanes of at least 4 members (excludes halogenated alkanes) is 5. The summed E-state index contributed by atoms with van der Waals surface area (Å²) in [7, 11) is 0. The summed E-state index contributed by atoms with van der Waals surface area (Å²) in [4.78, 5) is 11.1. The van der Waals surface area contributed by atoms with Gasteiger partial charge in [-0.25, -0.2) is 0 Å². The van der Waals surface area contributed by atoms with Crippen LogP contribution in [0.3, 0.4) is 0 Å². The number of esters is 1. The van der Waals surface area contributed by atoms with Crippen LogP contribution >= 0.6 is 0 Å². The predicted molar refractivity (Wildman–Crippen MR) is 95.5 cm³/mol. The van der Waals surface area contributed by atoms with Crippen LogP contribution < -0.4 is 0 Å². The standard InChI is InChI=1S/C21H32O2/c1-2-3-4-5-6-7-8-18-9-11-19(12-10-18)13-14-20-15-16-21(22)23-17-20/h9-12,20H,2-8,13-17H2,1H3. The number of ether oxygens (including phenoxy) is 1. The summed E-state index contributed by atoms with van der Waals surface area (Å²) in [6.45, 7) is 2.89. The van der Waals surface area contributed by atoms with Crippen molar-refractivity contribution in [2.45, 2.75) is 77.6 Å². The second-order valence-electron chi connectivity index (χ2n) is 6.96. The van der Waals surface area contributed by atoms with Crippen LogP contribution in [-0.2, 0) is 22.4 Å². The third kappa shape index (κ3) is 7.20. The van der Waals surface area contributed by atoms with Gasteiger partial charge in [-0.05, 0) is 49.1 Å². The van der Waals surface area contributed by atoms with Crippen LogP contribution in [0.4, 0.5) is 0 Å². The maximum Gasteiger partial charge on any atom is 0.305 e.